The highest BCUT2D eigenvalue weighted by molar-refractivity contribution is 5.34. The summed E-state index contributed by atoms with van der Waals surface area (Å²) in [6, 6.07) is 0.708. The lowest BCUT2D eigenvalue weighted by Crippen LogP contribution is -2.46. The average Bonchev–Trinajstić information content (AvgIpc) is 3.25. The molecule has 2 heterocycles. The zero-order valence-corrected chi connectivity index (χ0v) is 12.8. The molecule has 20 heavy (non-hydrogen) atoms. The van der Waals surface area contributed by atoms with Gasteiger partial charge in [-0.15, -0.1) is 0 Å². The first-order valence-corrected chi connectivity index (χ1v) is 8.00. The smallest absolute Gasteiger partial charge is 0.205 e. The molecule has 0 radical (unpaired) electrons. The minimum Gasteiger partial charge on any atom is -0.344 e. The van der Waals surface area contributed by atoms with Crippen LogP contribution in [0.15, 0.2) is 6.20 Å². The molecule has 1 saturated carbocycles. The van der Waals surface area contributed by atoms with Crippen LogP contribution in [-0.4, -0.2) is 60.8 Å². The number of nitrogens with zero attached hydrogens (tertiary/aromatic N) is 4. The van der Waals surface area contributed by atoms with Crippen molar-refractivity contribution in [3.8, 4) is 0 Å². The Morgan fingerprint density at radius 2 is 2.10 bits per heavy atom. The molecule has 1 aromatic heterocycles. The maximum absolute atomic E-state index is 4.81. The molecule has 5 heteroatoms. The molecule has 1 aromatic rings. The van der Waals surface area contributed by atoms with Crippen molar-refractivity contribution in [1.82, 2.24) is 19.8 Å². The monoisotopic (exact) mass is 277 g/mol. The van der Waals surface area contributed by atoms with Crippen LogP contribution >= 0.6 is 0 Å². The molecule has 0 spiro atoms. The zero-order chi connectivity index (χ0) is 13.9. The number of aryl methyl sites for hydroxylation is 1. The van der Waals surface area contributed by atoms with Gasteiger partial charge >= 0.3 is 0 Å². The summed E-state index contributed by atoms with van der Waals surface area (Å²) in [4.78, 5) is 9.68. The Labute approximate surface area is 122 Å². The second-order valence-corrected chi connectivity index (χ2v) is 6.04. The molecule has 1 saturated heterocycles. The van der Waals surface area contributed by atoms with E-state index in [1.165, 1.54) is 37.6 Å². The number of imidazole rings is 1. The molecule has 2 aliphatic rings. The Balaban J connectivity index is 1.60. The summed E-state index contributed by atoms with van der Waals surface area (Å²) in [5.41, 5.74) is 1.22. The van der Waals surface area contributed by atoms with Crippen molar-refractivity contribution < 1.29 is 0 Å². The lowest BCUT2D eigenvalue weighted by molar-refractivity contribution is 0.246. The van der Waals surface area contributed by atoms with E-state index in [4.69, 9.17) is 4.98 Å². The third-order valence-corrected chi connectivity index (χ3v) is 4.37. The van der Waals surface area contributed by atoms with E-state index in [0.29, 0.717) is 6.04 Å². The number of hydrogen-bond donors (Lipinski definition) is 1. The van der Waals surface area contributed by atoms with Gasteiger partial charge in [-0.25, -0.2) is 4.98 Å². The van der Waals surface area contributed by atoms with Crippen molar-refractivity contribution in [2.45, 2.75) is 32.2 Å². The van der Waals surface area contributed by atoms with E-state index in [0.717, 1.165) is 32.6 Å². The Hall–Kier alpha value is -1.07. The van der Waals surface area contributed by atoms with E-state index in [1.807, 2.05) is 0 Å². The molecule has 0 bridgehead atoms. The number of aromatic nitrogens is 2. The van der Waals surface area contributed by atoms with Gasteiger partial charge in [-0.3, -0.25) is 4.90 Å². The van der Waals surface area contributed by atoms with Crippen LogP contribution in [0.5, 0.6) is 0 Å². The van der Waals surface area contributed by atoms with Gasteiger partial charge < -0.3 is 14.8 Å². The Kier molecular flexibility index (Phi) is 4.27. The van der Waals surface area contributed by atoms with Gasteiger partial charge in [-0.1, -0.05) is 6.92 Å². The lowest BCUT2D eigenvalue weighted by atomic mass is 10.3. The van der Waals surface area contributed by atoms with Crippen molar-refractivity contribution >= 4 is 5.95 Å². The summed E-state index contributed by atoms with van der Waals surface area (Å²) < 4.78 is 2.40. The fourth-order valence-electron chi connectivity index (χ4n) is 2.83. The van der Waals surface area contributed by atoms with Crippen LogP contribution in [0.2, 0.25) is 0 Å². The fourth-order valence-corrected chi connectivity index (χ4v) is 2.83. The minimum absolute atomic E-state index is 0.708. The number of rotatable bonds is 6. The highest BCUT2D eigenvalue weighted by Crippen LogP contribution is 2.38. The van der Waals surface area contributed by atoms with Crippen molar-refractivity contribution in [2.24, 2.45) is 0 Å². The Bertz CT molecular complexity index is 431. The second-order valence-electron chi connectivity index (χ2n) is 6.04. The molecule has 0 atom stereocenters. The van der Waals surface area contributed by atoms with E-state index in [9.17, 15) is 0 Å². The molecule has 0 amide bonds. The van der Waals surface area contributed by atoms with Crippen LogP contribution < -0.4 is 10.2 Å². The third-order valence-electron chi connectivity index (χ3n) is 4.37. The summed E-state index contributed by atoms with van der Waals surface area (Å²) in [6.45, 7) is 8.98. The molecular formula is C15H27N5. The van der Waals surface area contributed by atoms with Crippen LogP contribution in [0.25, 0.3) is 0 Å². The lowest BCUT2D eigenvalue weighted by Gasteiger charge is -2.29. The molecule has 112 valence electrons. The quantitative estimate of drug-likeness (QED) is 0.845. The highest BCUT2D eigenvalue weighted by atomic mass is 15.3. The summed E-state index contributed by atoms with van der Waals surface area (Å²) >= 11 is 0. The van der Waals surface area contributed by atoms with Crippen LogP contribution in [0, 0.1) is 0 Å². The number of likely N-dealkylation sites (N-methyl/N-ethyl adjacent to an activating group) is 1. The van der Waals surface area contributed by atoms with Gasteiger partial charge in [0.15, 0.2) is 0 Å². The first kappa shape index (κ1) is 13.9. The highest BCUT2D eigenvalue weighted by Gasteiger charge is 2.27. The van der Waals surface area contributed by atoms with Gasteiger partial charge in [0, 0.05) is 58.6 Å². The molecule has 1 N–H and O–H groups in total. The Morgan fingerprint density at radius 1 is 1.35 bits per heavy atom. The maximum atomic E-state index is 4.81. The topological polar surface area (TPSA) is 36.3 Å². The van der Waals surface area contributed by atoms with Gasteiger partial charge in [0.05, 0.1) is 5.69 Å². The van der Waals surface area contributed by atoms with Crippen LogP contribution in [-0.2, 0) is 6.42 Å². The maximum Gasteiger partial charge on any atom is 0.205 e. The largest absolute Gasteiger partial charge is 0.344 e. The minimum atomic E-state index is 0.708. The predicted molar refractivity (Wildman–Crippen MR) is 82.5 cm³/mol. The van der Waals surface area contributed by atoms with Crippen LogP contribution in [0.1, 0.15) is 31.5 Å². The van der Waals surface area contributed by atoms with Gasteiger partial charge in [-0.2, -0.15) is 0 Å². The van der Waals surface area contributed by atoms with Gasteiger partial charge in [0.1, 0.15) is 0 Å². The standard InChI is InChI=1S/C15H27N5/c1-3-13-12-20(14-4-5-14)15(17-13)18(2)10-11-19-8-6-16-7-9-19/h12,14,16H,3-11H2,1-2H3. The summed E-state index contributed by atoms with van der Waals surface area (Å²) in [6.07, 6.45) is 5.92. The first-order chi connectivity index (χ1) is 9.78. The zero-order valence-electron chi connectivity index (χ0n) is 12.8. The molecule has 3 rings (SSSR count). The normalized spacial score (nSPS) is 20.3. The van der Waals surface area contributed by atoms with E-state index in [1.54, 1.807) is 0 Å². The summed E-state index contributed by atoms with van der Waals surface area (Å²) in [5.74, 6) is 1.17. The Morgan fingerprint density at radius 3 is 2.75 bits per heavy atom. The summed E-state index contributed by atoms with van der Waals surface area (Å²) in [5, 5.41) is 3.41. The number of piperazine rings is 1. The van der Waals surface area contributed by atoms with E-state index < -0.39 is 0 Å². The SMILES string of the molecule is CCc1cn(C2CC2)c(N(C)CCN2CCNCC2)n1. The molecular weight excluding hydrogens is 250 g/mol. The molecule has 2 fully saturated rings. The molecule has 5 nitrogen and oxygen atoms in total. The van der Waals surface area contributed by atoms with Gasteiger partial charge in [-0.05, 0) is 19.3 Å². The molecule has 0 unspecified atom stereocenters. The van der Waals surface area contributed by atoms with E-state index in [-0.39, 0.29) is 0 Å². The van der Waals surface area contributed by atoms with Crippen molar-refractivity contribution in [2.75, 3.05) is 51.2 Å². The van der Waals surface area contributed by atoms with Crippen LogP contribution in [0.4, 0.5) is 5.95 Å². The predicted octanol–water partition coefficient (Wildman–Crippen LogP) is 1.12. The molecule has 0 aromatic carbocycles. The molecule has 1 aliphatic carbocycles. The number of anilines is 1. The van der Waals surface area contributed by atoms with Crippen molar-refractivity contribution in [1.29, 1.82) is 0 Å². The number of nitrogens with one attached hydrogen (secondary N) is 1. The van der Waals surface area contributed by atoms with E-state index >= 15 is 0 Å². The second kappa shape index (κ2) is 6.14. The molecule has 1 aliphatic heterocycles. The average molecular weight is 277 g/mol. The van der Waals surface area contributed by atoms with Crippen molar-refractivity contribution in [3.63, 3.8) is 0 Å². The van der Waals surface area contributed by atoms with Crippen LogP contribution in [0.3, 0.4) is 0 Å². The van der Waals surface area contributed by atoms with Gasteiger partial charge in [0.25, 0.3) is 0 Å². The fraction of sp³-hybridized carbons (Fsp3) is 0.800. The van der Waals surface area contributed by atoms with E-state index in [2.05, 4.69) is 39.9 Å². The summed E-state index contributed by atoms with van der Waals surface area (Å²) in [7, 11) is 2.18. The van der Waals surface area contributed by atoms with Gasteiger partial charge in [0.2, 0.25) is 5.95 Å². The number of hydrogen-bond acceptors (Lipinski definition) is 4. The van der Waals surface area contributed by atoms with Crippen molar-refractivity contribution in [3.05, 3.63) is 11.9 Å². The third kappa shape index (κ3) is 3.15. The first-order valence-electron chi connectivity index (χ1n) is 8.00.